The van der Waals surface area contributed by atoms with Gasteiger partial charge in [-0.3, -0.25) is 9.59 Å². The fourth-order valence-corrected chi connectivity index (χ4v) is 5.46. The Balaban J connectivity index is 1.20. The van der Waals surface area contributed by atoms with E-state index >= 15 is 0 Å². The van der Waals surface area contributed by atoms with E-state index in [0.717, 1.165) is 18.4 Å². The van der Waals surface area contributed by atoms with Crippen LogP contribution in [-0.2, 0) is 23.2 Å². The van der Waals surface area contributed by atoms with Gasteiger partial charge in [-0.2, -0.15) is 0 Å². The lowest BCUT2D eigenvalue weighted by Crippen LogP contribution is -2.42. The molecule has 210 valence electrons. The highest BCUT2D eigenvalue weighted by Crippen LogP contribution is 2.52. The number of rotatable bonds is 6. The SMILES string of the molecule is O=C([C@H](O)c1cccc(-c2cccc(OC(F)(F)F)c2)c1)N1CCc2nc(C3(c4ccccc4)CC3)[nH]c(=O)c2C1. The summed E-state index contributed by atoms with van der Waals surface area (Å²) in [6.07, 6.45) is -4.18. The highest BCUT2D eigenvalue weighted by molar-refractivity contribution is 5.83. The summed E-state index contributed by atoms with van der Waals surface area (Å²) in [7, 11) is 0. The van der Waals surface area contributed by atoms with Crippen molar-refractivity contribution in [3.63, 3.8) is 0 Å². The minimum Gasteiger partial charge on any atom is -0.406 e. The predicted molar refractivity (Wildman–Crippen MR) is 144 cm³/mol. The van der Waals surface area contributed by atoms with Gasteiger partial charge in [0.1, 0.15) is 11.6 Å². The van der Waals surface area contributed by atoms with Gasteiger partial charge >= 0.3 is 6.36 Å². The molecule has 41 heavy (non-hydrogen) atoms. The minimum absolute atomic E-state index is 0.0166. The molecule has 2 aliphatic rings. The third-order valence-electron chi connectivity index (χ3n) is 7.75. The van der Waals surface area contributed by atoms with Crippen LogP contribution in [0.25, 0.3) is 11.1 Å². The molecule has 1 aliphatic carbocycles. The summed E-state index contributed by atoms with van der Waals surface area (Å²) in [4.78, 5) is 35.6. The largest absolute Gasteiger partial charge is 0.573 e. The number of nitrogens with zero attached hydrogens (tertiary/aromatic N) is 2. The average Bonchev–Trinajstić information content (AvgIpc) is 3.78. The van der Waals surface area contributed by atoms with Crippen molar-refractivity contribution >= 4 is 5.91 Å². The molecule has 1 aromatic heterocycles. The molecule has 2 heterocycles. The van der Waals surface area contributed by atoms with Crippen LogP contribution in [0.15, 0.2) is 83.7 Å². The maximum atomic E-state index is 13.3. The van der Waals surface area contributed by atoms with Crippen molar-refractivity contribution in [1.29, 1.82) is 0 Å². The molecule has 3 aromatic carbocycles. The lowest BCUT2D eigenvalue weighted by molar-refractivity contribution is -0.274. The van der Waals surface area contributed by atoms with Crippen LogP contribution in [0.1, 0.15) is 47.2 Å². The summed E-state index contributed by atoms with van der Waals surface area (Å²) >= 11 is 0. The predicted octanol–water partition coefficient (Wildman–Crippen LogP) is 5.03. The molecule has 10 heteroatoms. The van der Waals surface area contributed by atoms with Crippen molar-refractivity contribution in [2.45, 2.75) is 43.7 Å². The summed E-state index contributed by atoms with van der Waals surface area (Å²) in [6.45, 7) is 0.302. The number of benzene rings is 3. The fourth-order valence-electron chi connectivity index (χ4n) is 5.46. The van der Waals surface area contributed by atoms with Crippen LogP contribution in [0.5, 0.6) is 5.75 Å². The van der Waals surface area contributed by atoms with Gasteiger partial charge in [0.2, 0.25) is 0 Å². The number of ether oxygens (including phenoxy) is 1. The second-order valence-corrected chi connectivity index (χ2v) is 10.4. The topological polar surface area (TPSA) is 95.5 Å². The van der Waals surface area contributed by atoms with Crippen molar-refractivity contribution in [2.75, 3.05) is 6.54 Å². The summed E-state index contributed by atoms with van der Waals surface area (Å²) < 4.78 is 42.0. The number of aromatic nitrogens is 2. The zero-order valence-electron chi connectivity index (χ0n) is 21.8. The van der Waals surface area contributed by atoms with Gasteiger partial charge in [-0.25, -0.2) is 4.98 Å². The molecule has 1 atom stereocenters. The van der Waals surface area contributed by atoms with Crippen molar-refractivity contribution < 1.29 is 27.8 Å². The molecule has 0 saturated heterocycles. The average molecular weight is 562 g/mol. The summed E-state index contributed by atoms with van der Waals surface area (Å²) in [5, 5.41) is 11.0. The quantitative estimate of drug-likeness (QED) is 0.344. The third-order valence-corrected chi connectivity index (χ3v) is 7.75. The van der Waals surface area contributed by atoms with E-state index in [-0.39, 0.29) is 35.4 Å². The molecule has 6 rings (SSSR count). The minimum atomic E-state index is -4.82. The molecule has 1 aliphatic heterocycles. The van der Waals surface area contributed by atoms with Crippen LogP contribution >= 0.6 is 0 Å². The zero-order chi connectivity index (χ0) is 28.8. The number of aromatic amines is 1. The van der Waals surface area contributed by atoms with E-state index in [4.69, 9.17) is 4.98 Å². The number of carbonyl (C=O) groups excluding carboxylic acids is 1. The molecule has 1 fully saturated rings. The first kappa shape index (κ1) is 26.8. The number of carbonyl (C=O) groups is 1. The number of H-pyrrole nitrogens is 1. The lowest BCUT2D eigenvalue weighted by Gasteiger charge is -2.30. The summed E-state index contributed by atoms with van der Waals surface area (Å²) in [5.74, 6) is -0.301. The first-order valence-corrected chi connectivity index (χ1v) is 13.2. The molecule has 0 bridgehead atoms. The Labute approximate surface area is 233 Å². The van der Waals surface area contributed by atoms with Crippen LogP contribution < -0.4 is 10.3 Å². The van der Waals surface area contributed by atoms with Crippen molar-refractivity contribution in [1.82, 2.24) is 14.9 Å². The number of nitrogens with one attached hydrogen (secondary N) is 1. The van der Waals surface area contributed by atoms with E-state index in [2.05, 4.69) is 9.72 Å². The van der Waals surface area contributed by atoms with Gasteiger partial charge in [0.05, 0.1) is 23.2 Å². The van der Waals surface area contributed by atoms with E-state index in [1.54, 1.807) is 30.3 Å². The lowest BCUT2D eigenvalue weighted by atomic mass is 9.94. The second-order valence-electron chi connectivity index (χ2n) is 10.4. The van der Waals surface area contributed by atoms with E-state index in [1.165, 1.54) is 23.1 Å². The Kier molecular flexibility index (Phi) is 6.65. The normalized spacial score (nSPS) is 16.5. The van der Waals surface area contributed by atoms with Gasteiger partial charge in [-0.1, -0.05) is 60.7 Å². The molecule has 1 amide bonds. The smallest absolute Gasteiger partial charge is 0.406 e. The highest BCUT2D eigenvalue weighted by atomic mass is 19.4. The maximum absolute atomic E-state index is 13.3. The number of alkyl halides is 3. The van der Waals surface area contributed by atoms with Crippen molar-refractivity contribution in [3.8, 4) is 16.9 Å². The van der Waals surface area contributed by atoms with Crippen LogP contribution in [0, 0.1) is 0 Å². The molecule has 1 saturated carbocycles. The molecular weight excluding hydrogens is 535 g/mol. The Morgan fingerprint density at radius 3 is 2.41 bits per heavy atom. The third kappa shape index (κ3) is 5.35. The van der Waals surface area contributed by atoms with Crippen LogP contribution in [0.4, 0.5) is 13.2 Å². The number of hydrogen-bond acceptors (Lipinski definition) is 5. The molecule has 0 unspecified atom stereocenters. The van der Waals surface area contributed by atoms with Gasteiger partial charge in [0.25, 0.3) is 11.5 Å². The molecule has 0 radical (unpaired) electrons. The van der Waals surface area contributed by atoms with E-state index in [0.29, 0.717) is 34.6 Å². The first-order chi connectivity index (χ1) is 19.6. The Bertz CT molecular complexity index is 1670. The standard InChI is InChI=1S/C31H26F3N3O4/c32-31(33,34)41-23-11-5-7-20(17-23)19-6-4-8-21(16-19)26(38)28(40)37-15-12-25-24(18-37)27(39)36-29(35-25)30(13-14-30)22-9-2-1-3-10-22/h1-11,16-17,26,38H,12-15,18H2,(H,35,36,39)/t26-/m1/s1. The number of aliphatic hydroxyl groups excluding tert-OH is 1. The maximum Gasteiger partial charge on any atom is 0.573 e. The molecule has 0 spiro atoms. The van der Waals surface area contributed by atoms with Gasteiger partial charge in [-0.05, 0) is 53.3 Å². The fraction of sp³-hybridized carbons (Fsp3) is 0.258. The van der Waals surface area contributed by atoms with Crippen LogP contribution in [0.2, 0.25) is 0 Å². The van der Waals surface area contributed by atoms with Gasteiger partial charge in [0.15, 0.2) is 6.10 Å². The highest BCUT2D eigenvalue weighted by Gasteiger charge is 2.48. The Hall–Kier alpha value is -4.44. The molecule has 7 nitrogen and oxygen atoms in total. The van der Waals surface area contributed by atoms with Crippen molar-refractivity contribution in [3.05, 3.63) is 117 Å². The van der Waals surface area contributed by atoms with Gasteiger partial charge in [-0.15, -0.1) is 13.2 Å². The molecular formula is C31H26F3N3O4. The monoisotopic (exact) mass is 561 g/mol. The second kappa shape index (κ2) is 10.2. The van der Waals surface area contributed by atoms with Gasteiger partial charge < -0.3 is 19.7 Å². The first-order valence-electron chi connectivity index (χ1n) is 13.2. The van der Waals surface area contributed by atoms with E-state index in [9.17, 15) is 27.9 Å². The van der Waals surface area contributed by atoms with Crippen molar-refractivity contribution in [2.24, 2.45) is 0 Å². The number of aliphatic hydroxyl groups is 1. The van der Waals surface area contributed by atoms with Crippen LogP contribution in [-0.4, -0.2) is 38.8 Å². The molecule has 2 N–H and O–H groups in total. The Morgan fingerprint density at radius 1 is 1.00 bits per heavy atom. The molecule has 4 aromatic rings. The van der Waals surface area contributed by atoms with E-state index in [1.807, 2.05) is 30.3 Å². The number of hydrogen-bond donors (Lipinski definition) is 2. The number of fused-ring (bicyclic) bond motifs is 1. The number of halogens is 3. The zero-order valence-corrected chi connectivity index (χ0v) is 21.8. The number of amides is 1. The van der Waals surface area contributed by atoms with Gasteiger partial charge in [0, 0.05) is 13.0 Å². The van der Waals surface area contributed by atoms with E-state index < -0.39 is 18.4 Å². The summed E-state index contributed by atoms with van der Waals surface area (Å²) in [6, 6.07) is 21.8. The summed E-state index contributed by atoms with van der Waals surface area (Å²) in [5.41, 5.74) is 2.81. The Morgan fingerprint density at radius 2 is 1.71 bits per heavy atom. The van der Waals surface area contributed by atoms with Crippen LogP contribution in [0.3, 0.4) is 0 Å².